The van der Waals surface area contributed by atoms with Crippen LogP contribution in [0.25, 0.3) is 0 Å². The Morgan fingerprint density at radius 1 is 0.577 bits per heavy atom. The SMILES string of the molecule is O=C(COC(=O)c1ccc(C(=O)c2ccccc2)cc1)c1ccccc1. The van der Waals surface area contributed by atoms with Gasteiger partial charge in [0.15, 0.2) is 18.2 Å². The fourth-order valence-electron chi connectivity index (χ4n) is 2.44. The Labute approximate surface area is 151 Å². The fraction of sp³-hybridized carbons (Fsp3) is 0.0455. The molecule has 0 saturated carbocycles. The second-order valence-corrected chi connectivity index (χ2v) is 5.64. The van der Waals surface area contributed by atoms with Crippen LogP contribution in [0, 0.1) is 0 Å². The van der Waals surface area contributed by atoms with Crippen LogP contribution >= 0.6 is 0 Å². The summed E-state index contributed by atoms with van der Waals surface area (Å²) in [4.78, 5) is 36.4. The van der Waals surface area contributed by atoms with E-state index in [2.05, 4.69) is 0 Å². The highest BCUT2D eigenvalue weighted by Crippen LogP contribution is 2.12. The molecule has 0 fully saturated rings. The summed E-state index contributed by atoms with van der Waals surface area (Å²) in [7, 11) is 0. The summed E-state index contributed by atoms with van der Waals surface area (Å²) in [5.41, 5.74) is 1.84. The first-order valence-electron chi connectivity index (χ1n) is 8.10. The molecule has 0 atom stereocenters. The number of ether oxygens (including phenoxy) is 1. The monoisotopic (exact) mass is 344 g/mol. The molecule has 26 heavy (non-hydrogen) atoms. The zero-order chi connectivity index (χ0) is 18.4. The van der Waals surface area contributed by atoms with Crippen LogP contribution in [0.1, 0.15) is 36.6 Å². The molecule has 0 aliphatic carbocycles. The topological polar surface area (TPSA) is 60.4 Å². The van der Waals surface area contributed by atoms with E-state index in [0.717, 1.165) is 0 Å². The van der Waals surface area contributed by atoms with Crippen molar-refractivity contribution in [3.8, 4) is 0 Å². The molecule has 3 rings (SSSR count). The van der Waals surface area contributed by atoms with Gasteiger partial charge in [0, 0.05) is 16.7 Å². The number of carbonyl (C=O) groups excluding carboxylic acids is 3. The maximum absolute atomic E-state index is 12.3. The summed E-state index contributed by atoms with van der Waals surface area (Å²) in [6.07, 6.45) is 0. The van der Waals surface area contributed by atoms with E-state index in [1.54, 1.807) is 66.7 Å². The Morgan fingerprint density at radius 3 is 1.62 bits per heavy atom. The van der Waals surface area contributed by atoms with Gasteiger partial charge < -0.3 is 4.74 Å². The van der Waals surface area contributed by atoms with E-state index in [9.17, 15) is 14.4 Å². The Hall–Kier alpha value is -3.53. The number of esters is 1. The maximum atomic E-state index is 12.3. The van der Waals surface area contributed by atoms with Crippen molar-refractivity contribution < 1.29 is 19.1 Å². The lowest BCUT2D eigenvalue weighted by Gasteiger charge is -2.06. The zero-order valence-electron chi connectivity index (χ0n) is 13.9. The van der Waals surface area contributed by atoms with Crippen LogP contribution in [0.5, 0.6) is 0 Å². The minimum Gasteiger partial charge on any atom is -0.454 e. The summed E-state index contributed by atoms with van der Waals surface area (Å²) in [6.45, 7) is -0.326. The molecule has 0 aliphatic rings. The Kier molecular flexibility index (Phi) is 5.34. The van der Waals surface area contributed by atoms with Crippen LogP contribution in [0.2, 0.25) is 0 Å². The van der Waals surface area contributed by atoms with Gasteiger partial charge in [-0.2, -0.15) is 0 Å². The molecular formula is C22H16O4. The Bertz CT molecular complexity index is 913. The molecule has 0 bridgehead atoms. The lowest BCUT2D eigenvalue weighted by molar-refractivity contribution is 0.0474. The number of hydrogen-bond acceptors (Lipinski definition) is 4. The molecule has 0 spiro atoms. The minimum atomic E-state index is -0.604. The van der Waals surface area contributed by atoms with Gasteiger partial charge in [0.25, 0.3) is 0 Å². The van der Waals surface area contributed by atoms with E-state index in [4.69, 9.17) is 4.74 Å². The van der Waals surface area contributed by atoms with E-state index < -0.39 is 5.97 Å². The van der Waals surface area contributed by atoms with Gasteiger partial charge in [-0.1, -0.05) is 72.8 Å². The van der Waals surface area contributed by atoms with Crippen molar-refractivity contribution in [3.63, 3.8) is 0 Å². The molecule has 0 saturated heterocycles. The molecule has 0 amide bonds. The third-order valence-electron chi connectivity index (χ3n) is 3.85. The molecule has 3 aromatic carbocycles. The van der Waals surface area contributed by atoms with Crippen LogP contribution in [0.3, 0.4) is 0 Å². The Morgan fingerprint density at radius 2 is 1.04 bits per heavy atom. The van der Waals surface area contributed by atoms with Crippen molar-refractivity contribution in [2.45, 2.75) is 0 Å². The first kappa shape index (κ1) is 17.3. The number of ketones is 2. The van der Waals surface area contributed by atoms with Gasteiger partial charge in [-0.05, 0) is 12.1 Å². The van der Waals surface area contributed by atoms with E-state index >= 15 is 0 Å². The number of carbonyl (C=O) groups is 3. The van der Waals surface area contributed by atoms with Crippen molar-refractivity contribution in [2.24, 2.45) is 0 Å². The largest absolute Gasteiger partial charge is 0.454 e. The van der Waals surface area contributed by atoms with Gasteiger partial charge in [0.1, 0.15) is 0 Å². The van der Waals surface area contributed by atoms with Crippen molar-refractivity contribution >= 4 is 17.5 Å². The highest BCUT2D eigenvalue weighted by Gasteiger charge is 2.13. The average Bonchev–Trinajstić information content (AvgIpc) is 2.72. The number of benzene rings is 3. The molecule has 0 aromatic heterocycles. The molecule has 128 valence electrons. The summed E-state index contributed by atoms with van der Waals surface area (Å²) >= 11 is 0. The maximum Gasteiger partial charge on any atom is 0.338 e. The van der Waals surface area contributed by atoms with Crippen molar-refractivity contribution in [1.82, 2.24) is 0 Å². The molecule has 0 heterocycles. The van der Waals surface area contributed by atoms with Crippen molar-refractivity contribution in [1.29, 1.82) is 0 Å². The minimum absolute atomic E-state index is 0.121. The zero-order valence-corrected chi connectivity index (χ0v) is 13.9. The quantitative estimate of drug-likeness (QED) is 0.502. The van der Waals surface area contributed by atoms with Gasteiger partial charge in [-0.3, -0.25) is 9.59 Å². The molecular weight excluding hydrogens is 328 g/mol. The van der Waals surface area contributed by atoms with Gasteiger partial charge in [-0.15, -0.1) is 0 Å². The van der Waals surface area contributed by atoms with Crippen LogP contribution in [-0.4, -0.2) is 24.1 Å². The van der Waals surface area contributed by atoms with Gasteiger partial charge in [0.05, 0.1) is 5.56 Å². The second kappa shape index (κ2) is 8.03. The Balaban J connectivity index is 1.62. The van der Waals surface area contributed by atoms with E-state index in [1.165, 1.54) is 12.1 Å². The highest BCUT2D eigenvalue weighted by molar-refractivity contribution is 6.09. The number of hydrogen-bond donors (Lipinski definition) is 0. The van der Waals surface area contributed by atoms with Gasteiger partial charge >= 0.3 is 5.97 Å². The standard InChI is InChI=1S/C22H16O4/c23-20(16-7-3-1-4-8-16)15-26-22(25)19-13-11-18(12-14-19)21(24)17-9-5-2-6-10-17/h1-14H,15H2. The smallest absolute Gasteiger partial charge is 0.338 e. The van der Waals surface area contributed by atoms with Crippen LogP contribution in [-0.2, 0) is 4.74 Å². The third-order valence-corrected chi connectivity index (χ3v) is 3.85. The molecule has 4 heteroatoms. The van der Waals surface area contributed by atoms with Crippen LogP contribution in [0.4, 0.5) is 0 Å². The normalized spacial score (nSPS) is 10.2. The molecule has 0 aliphatic heterocycles. The third kappa shape index (κ3) is 4.11. The molecule has 0 N–H and O–H groups in total. The number of Topliss-reactive ketones (excluding diaryl/α,β-unsaturated/α-hetero) is 1. The molecule has 0 radical (unpaired) electrons. The summed E-state index contributed by atoms with van der Waals surface area (Å²) < 4.78 is 5.06. The lowest BCUT2D eigenvalue weighted by atomic mass is 10.0. The predicted molar refractivity (Wildman–Crippen MR) is 97.4 cm³/mol. The molecule has 3 aromatic rings. The highest BCUT2D eigenvalue weighted by atomic mass is 16.5. The first-order chi connectivity index (χ1) is 12.6. The van der Waals surface area contributed by atoms with E-state index in [-0.39, 0.29) is 23.7 Å². The van der Waals surface area contributed by atoms with Gasteiger partial charge in [-0.25, -0.2) is 4.79 Å². The van der Waals surface area contributed by atoms with E-state index in [0.29, 0.717) is 16.7 Å². The molecule has 4 nitrogen and oxygen atoms in total. The van der Waals surface area contributed by atoms with Gasteiger partial charge in [0.2, 0.25) is 0 Å². The molecule has 0 unspecified atom stereocenters. The van der Waals surface area contributed by atoms with Crippen molar-refractivity contribution in [3.05, 3.63) is 107 Å². The summed E-state index contributed by atoms with van der Waals surface area (Å²) in [5, 5.41) is 0. The fourth-order valence-corrected chi connectivity index (χ4v) is 2.44. The van der Waals surface area contributed by atoms with Crippen LogP contribution < -0.4 is 0 Å². The second-order valence-electron chi connectivity index (χ2n) is 5.64. The van der Waals surface area contributed by atoms with E-state index in [1.807, 2.05) is 6.07 Å². The predicted octanol–water partition coefficient (Wildman–Crippen LogP) is 3.96. The summed E-state index contributed by atoms with van der Waals surface area (Å²) in [5.74, 6) is -0.993. The summed E-state index contributed by atoms with van der Waals surface area (Å²) in [6, 6.07) is 23.7. The first-order valence-corrected chi connectivity index (χ1v) is 8.10. The lowest BCUT2D eigenvalue weighted by Crippen LogP contribution is -2.14. The van der Waals surface area contributed by atoms with Crippen LogP contribution in [0.15, 0.2) is 84.9 Å². The van der Waals surface area contributed by atoms with Crippen molar-refractivity contribution in [2.75, 3.05) is 6.61 Å². The average molecular weight is 344 g/mol. The number of rotatable bonds is 6.